The fraction of sp³-hybridized carbons (Fsp3) is 0.0667. The Morgan fingerprint density at radius 1 is 1.05 bits per heavy atom. The minimum Gasteiger partial charge on any atom is -0.480 e. The molecule has 0 spiro atoms. The van der Waals surface area contributed by atoms with Gasteiger partial charge in [0, 0.05) is 11.3 Å². The summed E-state index contributed by atoms with van der Waals surface area (Å²) in [4.78, 5) is 24.3. The second-order valence-electron chi connectivity index (χ2n) is 4.13. The molecule has 0 aliphatic heterocycles. The van der Waals surface area contributed by atoms with E-state index in [1.54, 1.807) is 30.3 Å². The Balaban J connectivity index is 2.36. The van der Waals surface area contributed by atoms with Gasteiger partial charge in [0.05, 0.1) is 0 Å². The average molecular weight is 273 g/mol. The van der Waals surface area contributed by atoms with E-state index in [1.807, 2.05) is 0 Å². The van der Waals surface area contributed by atoms with E-state index in [0.29, 0.717) is 5.69 Å². The Hall–Kier alpha value is -2.69. The summed E-state index contributed by atoms with van der Waals surface area (Å²) in [7, 11) is 0. The third-order valence-electron chi connectivity index (χ3n) is 2.68. The first kappa shape index (κ1) is 13.7. The maximum atomic E-state index is 13.2. The van der Waals surface area contributed by atoms with E-state index in [-0.39, 0.29) is 5.56 Å². The van der Waals surface area contributed by atoms with Crippen molar-refractivity contribution in [2.75, 3.05) is 11.4 Å². The highest BCUT2D eigenvalue weighted by atomic mass is 19.1. The molecule has 0 fully saturated rings. The van der Waals surface area contributed by atoms with Crippen LogP contribution >= 0.6 is 0 Å². The molecule has 4 nitrogen and oxygen atoms in total. The quantitative estimate of drug-likeness (QED) is 0.931. The van der Waals surface area contributed by atoms with Crippen LogP contribution in [0.15, 0.2) is 54.6 Å². The predicted octanol–water partition coefficient (Wildman–Crippen LogP) is 2.56. The number of carboxylic acids is 1. The standard InChI is InChI=1S/C15H12FNO3/c16-12-6-4-5-11(9-12)15(20)17(10-14(18)19)13-7-2-1-3-8-13/h1-9H,10H2,(H,18,19). The summed E-state index contributed by atoms with van der Waals surface area (Å²) in [6, 6.07) is 13.6. The monoisotopic (exact) mass is 273 g/mol. The van der Waals surface area contributed by atoms with Crippen LogP contribution in [0.1, 0.15) is 10.4 Å². The van der Waals surface area contributed by atoms with Crippen LogP contribution in [0.25, 0.3) is 0 Å². The summed E-state index contributed by atoms with van der Waals surface area (Å²) in [6.45, 7) is -0.487. The Kier molecular flexibility index (Phi) is 4.10. The average Bonchev–Trinajstić information content (AvgIpc) is 2.45. The van der Waals surface area contributed by atoms with Crippen LogP contribution in [0.4, 0.5) is 10.1 Å². The third kappa shape index (κ3) is 3.20. The second-order valence-corrected chi connectivity index (χ2v) is 4.13. The normalized spacial score (nSPS) is 10.1. The summed E-state index contributed by atoms with van der Waals surface area (Å²) in [5.41, 5.74) is 0.555. The number of benzene rings is 2. The van der Waals surface area contributed by atoms with E-state index in [1.165, 1.54) is 18.2 Å². The fourth-order valence-corrected chi connectivity index (χ4v) is 1.80. The lowest BCUT2D eigenvalue weighted by atomic mass is 10.1. The lowest BCUT2D eigenvalue weighted by Gasteiger charge is -2.20. The van der Waals surface area contributed by atoms with Gasteiger partial charge in [0.1, 0.15) is 12.4 Å². The molecule has 1 amide bonds. The molecular formula is C15H12FNO3. The molecule has 20 heavy (non-hydrogen) atoms. The number of carbonyl (C=O) groups excluding carboxylic acids is 1. The Bertz CT molecular complexity index is 628. The van der Waals surface area contributed by atoms with Gasteiger partial charge in [-0.2, -0.15) is 0 Å². The van der Waals surface area contributed by atoms with Crippen LogP contribution < -0.4 is 4.90 Å². The van der Waals surface area contributed by atoms with E-state index in [9.17, 15) is 14.0 Å². The minimum absolute atomic E-state index is 0.107. The highest BCUT2D eigenvalue weighted by Crippen LogP contribution is 2.17. The van der Waals surface area contributed by atoms with Crippen molar-refractivity contribution in [2.24, 2.45) is 0 Å². The van der Waals surface area contributed by atoms with Crippen molar-refractivity contribution >= 4 is 17.6 Å². The molecule has 0 radical (unpaired) electrons. The third-order valence-corrected chi connectivity index (χ3v) is 2.68. The van der Waals surface area contributed by atoms with Crippen molar-refractivity contribution in [3.8, 4) is 0 Å². The zero-order valence-corrected chi connectivity index (χ0v) is 10.5. The molecule has 5 heteroatoms. The van der Waals surface area contributed by atoms with Crippen LogP contribution in [0.5, 0.6) is 0 Å². The molecule has 0 aliphatic rings. The van der Waals surface area contributed by atoms with Crippen molar-refractivity contribution in [3.05, 3.63) is 66.0 Å². The van der Waals surface area contributed by atoms with Gasteiger partial charge in [-0.15, -0.1) is 0 Å². The van der Waals surface area contributed by atoms with Crippen molar-refractivity contribution in [3.63, 3.8) is 0 Å². The Morgan fingerprint density at radius 3 is 2.35 bits per heavy atom. The summed E-state index contributed by atoms with van der Waals surface area (Å²) in [5, 5.41) is 8.93. The van der Waals surface area contributed by atoms with Gasteiger partial charge in [-0.05, 0) is 30.3 Å². The van der Waals surface area contributed by atoms with E-state index in [0.717, 1.165) is 11.0 Å². The number of anilines is 1. The van der Waals surface area contributed by atoms with Crippen LogP contribution in [0.2, 0.25) is 0 Å². The van der Waals surface area contributed by atoms with Gasteiger partial charge >= 0.3 is 5.97 Å². The van der Waals surface area contributed by atoms with Crippen molar-refractivity contribution in [2.45, 2.75) is 0 Å². The SMILES string of the molecule is O=C(O)CN(C(=O)c1cccc(F)c1)c1ccccc1. The smallest absolute Gasteiger partial charge is 0.323 e. The van der Waals surface area contributed by atoms with Gasteiger partial charge in [-0.25, -0.2) is 4.39 Å². The van der Waals surface area contributed by atoms with Gasteiger partial charge in [0.15, 0.2) is 0 Å². The first-order chi connectivity index (χ1) is 9.58. The molecular weight excluding hydrogens is 261 g/mol. The number of nitrogens with zero attached hydrogens (tertiary/aromatic N) is 1. The van der Waals surface area contributed by atoms with Gasteiger partial charge in [-0.1, -0.05) is 24.3 Å². The lowest BCUT2D eigenvalue weighted by molar-refractivity contribution is -0.135. The number of hydrogen-bond donors (Lipinski definition) is 1. The second kappa shape index (κ2) is 5.97. The molecule has 0 bridgehead atoms. The maximum absolute atomic E-state index is 13.2. The molecule has 0 aliphatic carbocycles. The van der Waals surface area contributed by atoms with Crippen LogP contribution in [-0.2, 0) is 4.79 Å². The molecule has 2 rings (SSSR count). The fourth-order valence-electron chi connectivity index (χ4n) is 1.80. The zero-order chi connectivity index (χ0) is 14.5. The number of carbonyl (C=O) groups is 2. The molecule has 0 aromatic heterocycles. The summed E-state index contributed by atoms with van der Waals surface area (Å²) in [6.07, 6.45) is 0. The van der Waals surface area contributed by atoms with Gasteiger partial charge in [0.2, 0.25) is 0 Å². The molecule has 2 aromatic rings. The first-order valence-electron chi connectivity index (χ1n) is 5.92. The summed E-state index contributed by atoms with van der Waals surface area (Å²) >= 11 is 0. The van der Waals surface area contributed by atoms with E-state index < -0.39 is 24.2 Å². The minimum atomic E-state index is -1.14. The largest absolute Gasteiger partial charge is 0.480 e. The number of para-hydroxylation sites is 1. The first-order valence-corrected chi connectivity index (χ1v) is 5.92. The van der Waals surface area contributed by atoms with Crippen molar-refractivity contribution < 1.29 is 19.1 Å². The van der Waals surface area contributed by atoms with E-state index in [2.05, 4.69) is 0 Å². The maximum Gasteiger partial charge on any atom is 0.323 e. The predicted molar refractivity (Wildman–Crippen MR) is 72.2 cm³/mol. The molecule has 1 N–H and O–H groups in total. The van der Waals surface area contributed by atoms with Crippen LogP contribution in [0.3, 0.4) is 0 Å². The van der Waals surface area contributed by atoms with Gasteiger partial charge in [0.25, 0.3) is 5.91 Å². The number of aliphatic carboxylic acids is 1. The summed E-state index contributed by atoms with van der Waals surface area (Å²) < 4.78 is 13.2. The number of hydrogen-bond acceptors (Lipinski definition) is 2. The van der Waals surface area contributed by atoms with Gasteiger partial charge in [-0.3, -0.25) is 14.5 Å². The molecule has 0 unspecified atom stereocenters. The molecule has 102 valence electrons. The van der Waals surface area contributed by atoms with E-state index >= 15 is 0 Å². The van der Waals surface area contributed by atoms with E-state index in [4.69, 9.17) is 5.11 Å². The molecule has 0 atom stereocenters. The number of amides is 1. The van der Waals surface area contributed by atoms with Crippen LogP contribution in [-0.4, -0.2) is 23.5 Å². The Labute approximate surface area is 115 Å². The summed E-state index contributed by atoms with van der Waals surface area (Å²) in [5.74, 6) is -2.24. The number of rotatable bonds is 4. The lowest BCUT2D eigenvalue weighted by Crippen LogP contribution is -2.35. The van der Waals surface area contributed by atoms with Gasteiger partial charge < -0.3 is 5.11 Å². The topological polar surface area (TPSA) is 57.6 Å². The highest BCUT2D eigenvalue weighted by molar-refractivity contribution is 6.08. The molecule has 2 aromatic carbocycles. The highest BCUT2D eigenvalue weighted by Gasteiger charge is 2.20. The zero-order valence-electron chi connectivity index (χ0n) is 10.5. The Morgan fingerprint density at radius 2 is 1.75 bits per heavy atom. The number of halogens is 1. The van der Waals surface area contributed by atoms with Crippen molar-refractivity contribution in [1.82, 2.24) is 0 Å². The molecule has 0 saturated carbocycles. The molecule has 0 heterocycles. The molecule has 0 saturated heterocycles. The van der Waals surface area contributed by atoms with Crippen molar-refractivity contribution in [1.29, 1.82) is 0 Å². The van der Waals surface area contributed by atoms with Crippen LogP contribution in [0, 0.1) is 5.82 Å². The number of carboxylic acid groups (broad SMARTS) is 1.